The maximum atomic E-state index is 12.6. The van der Waals surface area contributed by atoms with Crippen molar-refractivity contribution in [1.82, 2.24) is 0 Å². The number of aliphatic hydroxyl groups excluding tert-OH is 2. The Morgan fingerprint density at radius 2 is 1.05 bits per heavy atom. The van der Waals surface area contributed by atoms with Crippen LogP contribution >= 0.6 is 15.6 Å². The van der Waals surface area contributed by atoms with Crippen LogP contribution < -0.4 is 0 Å². The van der Waals surface area contributed by atoms with Crippen LogP contribution in [0.1, 0.15) is 136 Å². The van der Waals surface area contributed by atoms with Crippen LogP contribution in [0.15, 0.2) is 85.1 Å². The molecule has 0 aromatic rings. The van der Waals surface area contributed by atoms with Crippen molar-refractivity contribution in [1.29, 1.82) is 0 Å². The highest BCUT2D eigenvalue weighted by Gasteiger charge is 2.28. The van der Waals surface area contributed by atoms with Gasteiger partial charge in [0.2, 0.25) is 0 Å². The molecule has 0 amide bonds. The van der Waals surface area contributed by atoms with Gasteiger partial charge in [-0.05, 0) is 77.0 Å². The van der Waals surface area contributed by atoms with E-state index in [1.807, 2.05) is 42.5 Å². The third-order valence-corrected chi connectivity index (χ3v) is 9.79. The van der Waals surface area contributed by atoms with Crippen LogP contribution in [0.25, 0.3) is 0 Å². The first-order chi connectivity index (χ1) is 28.8. The van der Waals surface area contributed by atoms with Gasteiger partial charge in [-0.25, -0.2) is 9.13 Å². The predicted octanol–water partition coefficient (Wildman–Crippen LogP) is 9.75. The summed E-state index contributed by atoms with van der Waals surface area (Å²) in [5, 5.41) is 19.6. The SMILES string of the molecule is CCCCC/C=C\C/C=C\C/C=C\CCCCC(=O)O[C@H](COC(=O)CCC/C=C\C/C=C\C/C=C\C=C\[C@H](O)CCCCC)COP(=O)(O)OC[C@@H](O)COP(=O)(O)O. The fourth-order valence-electron chi connectivity index (χ4n) is 5.04. The van der Waals surface area contributed by atoms with Crippen LogP contribution in [0.5, 0.6) is 0 Å². The minimum Gasteiger partial charge on any atom is -0.462 e. The Kier molecular flexibility index (Phi) is 37.3. The lowest BCUT2D eigenvalue weighted by atomic mass is 10.1. The summed E-state index contributed by atoms with van der Waals surface area (Å²) in [6.07, 6.45) is 40.5. The van der Waals surface area contributed by atoms with E-state index in [4.69, 9.17) is 23.8 Å². The van der Waals surface area contributed by atoms with Crippen molar-refractivity contribution >= 4 is 27.6 Å². The van der Waals surface area contributed by atoms with E-state index in [2.05, 4.69) is 59.4 Å². The summed E-state index contributed by atoms with van der Waals surface area (Å²) in [5.74, 6) is -1.18. The highest BCUT2D eigenvalue weighted by atomic mass is 31.2. The molecule has 0 aliphatic carbocycles. The minimum atomic E-state index is -4.88. The molecule has 0 aliphatic heterocycles. The number of unbranched alkanes of at least 4 members (excludes halogenated alkanes) is 8. The summed E-state index contributed by atoms with van der Waals surface area (Å²) in [7, 11) is -9.72. The summed E-state index contributed by atoms with van der Waals surface area (Å²) in [6, 6.07) is 0. The van der Waals surface area contributed by atoms with Crippen LogP contribution in [0.4, 0.5) is 0 Å². The van der Waals surface area contributed by atoms with Crippen LogP contribution in [0.3, 0.4) is 0 Å². The predicted molar refractivity (Wildman–Crippen MR) is 236 cm³/mol. The Hall–Kier alpha value is -2.74. The van der Waals surface area contributed by atoms with Gasteiger partial charge in [-0.1, -0.05) is 131 Å². The molecule has 16 heteroatoms. The summed E-state index contributed by atoms with van der Waals surface area (Å²) in [4.78, 5) is 52.6. The van der Waals surface area contributed by atoms with Crippen molar-refractivity contribution in [2.45, 2.75) is 154 Å². The van der Waals surface area contributed by atoms with Crippen molar-refractivity contribution in [2.24, 2.45) is 0 Å². The maximum Gasteiger partial charge on any atom is 0.472 e. The number of allylic oxidation sites excluding steroid dienone is 13. The molecule has 0 aromatic heterocycles. The quantitative estimate of drug-likeness (QED) is 0.0128. The van der Waals surface area contributed by atoms with Crippen LogP contribution in [0, 0.1) is 0 Å². The standard InChI is InChI=1S/C44H74O14P2/c1-3-5-7-8-9-10-11-12-13-14-17-21-24-27-31-35-44(48)58-42(39-57-60(52,53)56-37-41(46)36-55-59(49,50)51)38-54-43(47)34-30-26-23-20-18-15-16-19-22-25-29-33-40(45)32-28-6-4-2/h9-10,12-13,15-17,20-23,25,29,33,40-42,45-46H,3-8,11,14,18-19,24,26-28,30-32,34-39H2,1-2H3,(H,52,53)(H2,49,50,51)/b10-9-,13-12-,16-15-,21-17-,23-20-,25-22-,33-29+/t40-,41+,42-/m1/s1. The lowest BCUT2D eigenvalue weighted by Gasteiger charge is -2.20. The van der Waals surface area contributed by atoms with Crippen molar-refractivity contribution < 1.29 is 66.7 Å². The lowest BCUT2D eigenvalue weighted by molar-refractivity contribution is -0.161. The van der Waals surface area contributed by atoms with Gasteiger partial charge < -0.3 is 34.4 Å². The highest BCUT2D eigenvalue weighted by molar-refractivity contribution is 7.47. The first kappa shape index (κ1) is 57.3. The van der Waals surface area contributed by atoms with Gasteiger partial charge in [-0.2, -0.15) is 0 Å². The molecule has 0 aliphatic rings. The first-order valence-corrected chi connectivity index (χ1v) is 24.4. The molecular formula is C44H74O14P2. The van der Waals surface area contributed by atoms with Gasteiger partial charge in [0.1, 0.15) is 12.7 Å². The number of rotatable bonds is 39. The van der Waals surface area contributed by atoms with E-state index in [1.54, 1.807) is 6.08 Å². The van der Waals surface area contributed by atoms with Crippen molar-refractivity contribution in [2.75, 3.05) is 26.4 Å². The van der Waals surface area contributed by atoms with Crippen LogP contribution in [-0.4, -0.2) is 81.6 Å². The molecule has 0 heterocycles. The monoisotopic (exact) mass is 888 g/mol. The van der Waals surface area contributed by atoms with Gasteiger partial charge in [-0.3, -0.25) is 23.2 Å². The van der Waals surface area contributed by atoms with Crippen LogP contribution in [0.2, 0.25) is 0 Å². The fraction of sp³-hybridized carbons (Fsp3) is 0.636. The Labute approximate surface area is 359 Å². The Morgan fingerprint density at radius 3 is 1.65 bits per heavy atom. The second kappa shape index (κ2) is 39.1. The molecule has 14 nitrogen and oxygen atoms in total. The number of hydrogen-bond acceptors (Lipinski definition) is 11. The van der Waals surface area contributed by atoms with E-state index in [-0.39, 0.29) is 12.8 Å². The van der Waals surface area contributed by atoms with Crippen LogP contribution in [-0.2, 0) is 41.8 Å². The summed E-state index contributed by atoms with van der Waals surface area (Å²) in [5.41, 5.74) is 0. The zero-order valence-corrected chi connectivity index (χ0v) is 37.7. The molecule has 0 aromatic carbocycles. The summed E-state index contributed by atoms with van der Waals surface area (Å²) in [6.45, 7) is 1.46. The molecule has 0 radical (unpaired) electrons. The molecule has 0 bridgehead atoms. The van der Waals surface area contributed by atoms with Gasteiger partial charge in [-0.15, -0.1) is 0 Å². The van der Waals surface area contributed by atoms with Gasteiger partial charge >= 0.3 is 27.6 Å². The molecule has 0 fully saturated rings. The number of hydrogen-bond donors (Lipinski definition) is 5. The molecule has 0 rings (SSSR count). The fourth-order valence-corrected chi connectivity index (χ4v) is 6.20. The number of aliphatic hydroxyl groups is 2. The Bertz CT molecular complexity index is 1400. The molecular weight excluding hydrogens is 814 g/mol. The third-order valence-electron chi connectivity index (χ3n) is 8.35. The second-order valence-corrected chi connectivity index (χ2v) is 16.8. The molecule has 5 N–H and O–H groups in total. The molecule has 0 spiro atoms. The smallest absolute Gasteiger partial charge is 0.462 e. The van der Waals surface area contributed by atoms with E-state index in [0.717, 1.165) is 70.6 Å². The molecule has 0 saturated heterocycles. The Balaban J connectivity index is 4.74. The van der Waals surface area contributed by atoms with Gasteiger partial charge in [0, 0.05) is 12.8 Å². The van der Waals surface area contributed by atoms with Crippen molar-refractivity contribution in [3.05, 3.63) is 85.1 Å². The van der Waals surface area contributed by atoms with E-state index >= 15 is 0 Å². The number of carbonyl (C=O) groups is 2. The van der Waals surface area contributed by atoms with E-state index < -0.39 is 72.3 Å². The molecule has 60 heavy (non-hydrogen) atoms. The van der Waals surface area contributed by atoms with Crippen molar-refractivity contribution in [3.8, 4) is 0 Å². The number of ether oxygens (including phenoxy) is 2. The van der Waals surface area contributed by atoms with E-state index in [1.165, 1.54) is 19.3 Å². The lowest BCUT2D eigenvalue weighted by Crippen LogP contribution is -2.29. The maximum absolute atomic E-state index is 12.6. The zero-order valence-electron chi connectivity index (χ0n) is 35.9. The summed E-state index contributed by atoms with van der Waals surface area (Å²) >= 11 is 0. The van der Waals surface area contributed by atoms with Gasteiger partial charge in [0.15, 0.2) is 6.10 Å². The third kappa shape index (κ3) is 42.0. The molecule has 1 unspecified atom stereocenters. The largest absolute Gasteiger partial charge is 0.472 e. The number of phosphoric acid groups is 2. The zero-order chi connectivity index (χ0) is 44.6. The van der Waals surface area contributed by atoms with Gasteiger partial charge in [0.25, 0.3) is 0 Å². The highest BCUT2D eigenvalue weighted by Crippen LogP contribution is 2.43. The number of phosphoric ester groups is 2. The number of esters is 2. The number of carbonyl (C=O) groups excluding carboxylic acids is 2. The average molecular weight is 889 g/mol. The minimum absolute atomic E-state index is 0.0572. The molecule has 4 atom stereocenters. The normalized spacial score (nSPS) is 15.4. The molecule has 0 saturated carbocycles. The van der Waals surface area contributed by atoms with E-state index in [0.29, 0.717) is 19.3 Å². The Morgan fingerprint density at radius 1 is 0.550 bits per heavy atom. The topological polar surface area (TPSA) is 216 Å². The van der Waals surface area contributed by atoms with Crippen molar-refractivity contribution in [3.63, 3.8) is 0 Å². The average Bonchev–Trinajstić information content (AvgIpc) is 3.20. The second-order valence-electron chi connectivity index (χ2n) is 14.1. The first-order valence-electron chi connectivity index (χ1n) is 21.4. The molecule has 344 valence electrons. The van der Waals surface area contributed by atoms with Gasteiger partial charge in [0.05, 0.1) is 25.9 Å². The van der Waals surface area contributed by atoms with E-state index in [9.17, 15) is 33.8 Å². The summed E-state index contributed by atoms with van der Waals surface area (Å²) < 4.78 is 47.6.